The zero-order valence-corrected chi connectivity index (χ0v) is 75.3. The number of aromatic nitrogens is 1. The highest BCUT2D eigenvalue weighted by Gasteiger charge is 2.45. The number of phenolic OH excluding ortho intramolecular Hbond substituents is 2. The number of Topliss-reactive ketones (excluding diaryl/α,β-unsaturated/α-hetero) is 2. The number of ketones is 2. The molecule has 2 saturated heterocycles. The Kier molecular flexibility index (Phi) is 37.2. The van der Waals surface area contributed by atoms with Crippen LogP contribution >= 0.6 is 23.4 Å². The zero-order valence-electron chi connectivity index (χ0n) is 73.7. The largest absolute Gasteiger partial charge is 0.508 e. The van der Waals surface area contributed by atoms with Crippen molar-refractivity contribution in [2.45, 2.75) is 185 Å². The lowest BCUT2D eigenvalue weighted by molar-refractivity contribution is -0.152. The number of para-hydroxylation sites is 1. The first-order valence-electron chi connectivity index (χ1n) is 43.2. The summed E-state index contributed by atoms with van der Waals surface area (Å²) in [6.45, 7) is 7.68. The van der Waals surface area contributed by atoms with E-state index in [-0.39, 0.29) is 94.0 Å². The summed E-state index contributed by atoms with van der Waals surface area (Å²) in [5.74, 6) is -15.4. The molecule has 12 atom stereocenters. The third kappa shape index (κ3) is 28.3. The van der Waals surface area contributed by atoms with Crippen LogP contribution in [-0.2, 0) is 115 Å². The van der Waals surface area contributed by atoms with Crippen molar-refractivity contribution >= 4 is 123 Å². The first kappa shape index (κ1) is 99.3. The van der Waals surface area contributed by atoms with Crippen LogP contribution in [0, 0.1) is 23.7 Å². The van der Waals surface area contributed by atoms with Crippen molar-refractivity contribution in [1.29, 1.82) is 0 Å². The number of phenols is 2. The second kappa shape index (κ2) is 47.9. The van der Waals surface area contributed by atoms with Crippen LogP contribution in [0.15, 0.2) is 164 Å². The number of nitrogens with one attached hydrogen (secondary N) is 7. The minimum absolute atomic E-state index is 0.0393. The minimum atomic E-state index is -1.55. The van der Waals surface area contributed by atoms with E-state index in [4.69, 9.17) is 22.1 Å². The van der Waals surface area contributed by atoms with E-state index in [1.54, 1.807) is 143 Å². The summed E-state index contributed by atoms with van der Waals surface area (Å²) in [6.07, 6.45) is 1.03. The molecule has 31 nitrogen and oxygen atoms in total. The normalized spacial score (nSPS) is 23.2. The van der Waals surface area contributed by atoms with E-state index in [1.165, 1.54) is 96.3 Å². The molecule has 2 aliphatic rings. The summed E-state index contributed by atoms with van der Waals surface area (Å²) in [5.41, 5.74) is 9.78. The van der Waals surface area contributed by atoms with Gasteiger partial charge >= 0.3 is 0 Å². The van der Waals surface area contributed by atoms with Gasteiger partial charge in [-0.3, -0.25) is 71.9 Å². The molecule has 7 aromatic rings. The average molecular weight is 1800 g/mol. The fourth-order valence-corrected chi connectivity index (χ4v) is 17.2. The van der Waals surface area contributed by atoms with E-state index in [1.807, 2.05) is 6.92 Å². The lowest BCUT2D eigenvalue weighted by Gasteiger charge is -2.38. The van der Waals surface area contributed by atoms with Gasteiger partial charge in [0.1, 0.15) is 78.3 Å². The highest BCUT2D eigenvalue weighted by Crippen LogP contribution is 2.31. The number of fused-ring (bicyclic) bond motifs is 2. The number of unbranched alkanes of at least 4 members (excludes halogenated alkanes) is 1. The third-order valence-electron chi connectivity index (χ3n) is 23.4. The van der Waals surface area contributed by atoms with Gasteiger partial charge in [0.05, 0.1) is 24.3 Å². The van der Waals surface area contributed by atoms with Crippen molar-refractivity contribution in [3.8, 4) is 11.5 Å². The molecule has 0 radical (unpaired) electrons. The smallest absolute Gasteiger partial charge is 0.293 e. The van der Waals surface area contributed by atoms with Crippen LogP contribution in [0.4, 0.5) is 0 Å². The van der Waals surface area contributed by atoms with Crippen LogP contribution in [0.3, 0.4) is 0 Å². The maximum Gasteiger partial charge on any atom is 0.293 e. The number of H-pyrrole nitrogens is 1. The first-order chi connectivity index (χ1) is 61.1. The molecule has 3 heterocycles. The van der Waals surface area contributed by atoms with Gasteiger partial charge in [0.25, 0.3) is 6.47 Å². The average Bonchev–Trinajstić information content (AvgIpc) is 1.44. The van der Waals surface area contributed by atoms with Gasteiger partial charge < -0.3 is 82.1 Å². The third-order valence-corrected chi connectivity index (χ3v) is 24.7. The first-order valence-corrected chi connectivity index (χ1v) is 44.7. The number of nitrogens with zero attached hydrogens (tertiary/aromatic N) is 5. The Morgan fingerprint density at radius 2 is 1.08 bits per heavy atom. The number of rotatable bonds is 22. The number of thioether (sulfide) groups is 1. The van der Waals surface area contributed by atoms with Crippen molar-refractivity contribution < 1.29 is 86.9 Å². The molecule has 0 spiro atoms. The van der Waals surface area contributed by atoms with Crippen molar-refractivity contribution in [3.63, 3.8) is 0 Å². The molecule has 128 heavy (non-hydrogen) atoms. The van der Waals surface area contributed by atoms with Crippen LogP contribution in [0.5, 0.6) is 11.5 Å². The van der Waals surface area contributed by atoms with Gasteiger partial charge in [-0.15, -0.1) is 11.8 Å². The number of amides is 12. The number of halogens is 1. The Morgan fingerprint density at radius 3 is 1.68 bits per heavy atom. The van der Waals surface area contributed by atoms with Gasteiger partial charge in [-0.25, -0.2) is 0 Å². The fraction of sp³-hybridized carbons (Fsp3) is 0.442. The Labute approximate surface area is 754 Å². The Hall–Kier alpha value is -12.5. The second-order valence-corrected chi connectivity index (χ2v) is 35.3. The van der Waals surface area contributed by atoms with Crippen LogP contribution in [0.2, 0.25) is 5.02 Å². The predicted octanol–water partition coefficient (Wildman–Crippen LogP) is 6.28. The number of carbonyl (C=O) groups is 15. The monoisotopic (exact) mass is 1800 g/mol. The SMILES string of the molecule is CCCC[C@H]1C(=O)N2CCC[C@@H]2C(=O)C[C@@H](COC=O)C(=O)C[C@@H](C(C)C)C(=O)N(C)[C@@H](Cc2ccccc2)C(=O)N[C@@H](Cc2ccc(O)cc2)C(=O)N(C)CC(=O)N[C@@H](Cc2c[nH]c3ccccc23)C(=O)N[C@@H](Cc2ccc(O)cc2)C(=O)N[C@@H](CC(C)C)C(=O)N[C@H](C(N)=O)CSCC(=O)N[C@@H](Cc2cccc(Cl)c2)C(=O)N(C)[C@@H](Cc2ccccc2)C(=O)N1C. The fourth-order valence-electron chi connectivity index (χ4n) is 16.2. The molecule has 0 unspecified atom stereocenters. The highest BCUT2D eigenvalue weighted by atomic mass is 35.5. The zero-order chi connectivity index (χ0) is 93.0. The number of benzene rings is 6. The highest BCUT2D eigenvalue weighted by molar-refractivity contribution is 8.00. The molecular weight excluding hydrogens is 1680 g/mol. The molecule has 11 N–H and O–H groups in total. The number of ether oxygens (including phenoxy) is 1. The Balaban J connectivity index is 1.11. The molecule has 33 heteroatoms. The summed E-state index contributed by atoms with van der Waals surface area (Å²) >= 11 is 7.38. The Bertz CT molecular complexity index is 5040. The summed E-state index contributed by atoms with van der Waals surface area (Å²) < 4.78 is 5.24. The molecule has 2 fully saturated rings. The van der Waals surface area contributed by atoms with Gasteiger partial charge in [-0.1, -0.05) is 174 Å². The molecule has 0 bridgehead atoms. The lowest BCUT2D eigenvalue weighted by atomic mass is 9.83. The lowest BCUT2D eigenvalue weighted by Crippen LogP contribution is -2.60. The van der Waals surface area contributed by atoms with E-state index in [2.05, 4.69) is 36.9 Å². The van der Waals surface area contributed by atoms with Crippen molar-refractivity contribution in [2.75, 3.05) is 59.4 Å². The van der Waals surface area contributed by atoms with Gasteiger partial charge in [-0.2, -0.15) is 0 Å². The molecule has 684 valence electrons. The van der Waals surface area contributed by atoms with E-state index >= 15 is 47.9 Å². The summed E-state index contributed by atoms with van der Waals surface area (Å²) in [7, 11) is 5.53. The number of likely N-dealkylation sites (N-methyl/N-ethyl adjacent to an activating group) is 4. The number of nitrogens with two attached hydrogens (primary N) is 1. The quantitative estimate of drug-likeness (QED) is 0.0334. The molecule has 2 aliphatic heterocycles. The predicted molar refractivity (Wildman–Crippen MR) is 483 cm³/mol. The molecular formula is C95H118ClN13O18S. The number of hydrogen-bond acceptors (Lipinski definition) is 19. The van der Waals surface area contributed by atoms with Gasteiger partial charge in [0.2, 0.25) is 70.9 Å². The van der Waals surface area contributed by atoms with Crippen molar-refractivity contribution in [1.82, 2.24) is 61.4 Å². The van der Waals surface area contributed by atoms with Crippen LogP contribution in [0.1, 0.15) is 119 Å². The summed E-state index contributed by atoms with van der Waals surface area (Å²) in [4.78, 5) is 232. The van der Waals surface area contributed by atoms with Crippen LogP contribution < -0.4 is 37.6 Å². The molecule has 6 aromatic carbocycles. The van der Waals surface area contributed by atoms with Crippen LogP contribution in [-0.4, -0.2) is 248 Å². The summed E-state index contributed by atoms with van der Waals surface area (Å²) in [6, 6.07) is 28.7. The minimum Gasteiger partial charge on any atom is -0.508 e. The van der Waals surface area contributed by atoms with Crippen molar-refractivity contribution in [3.05, 3.63) is 202 Å². The van der Waals surface area contributed by atoms with Gasteiger partial charge in [-0.05, 0) is 113 Å². The maximum absolute atomic E-state index is 15.7. The van der Waals surface area contributed by atoms with E-state index in [9.17, 15) is 34.2 Å². The topological polar surface area (TPSA) is 436 Å². The number of hydrogen-bond donors (Lipinski definition) is 10. The second-order valence-electron chi connectivity index (χ2n) is 33.8. The van der Waals surface area contributed by atoms with E-state index in [0.29, 0.717) is 68.6 Å². The molecule has 1 aromatic heterocycles. The van der Waals surface area contributed by atoms with Crippen molar-refractivity contribution in [2.24, 2.45) is 29.4 Å². The van der Waals surface area contributed by atoms with E-state index < -0.39 is 192 Å². The Morgan fingerprint density at radius 1 is 0.547 bits per heavy atom. The number of primary amides is 1. The summed E-state index contributed by atoms with van der Waals surface area (Å²) in [5, 5.41) is 38.4. The number of aromatic hydroxyl groups is 2. The maximum atomic E-state index is 15.7. The van der Waals surface area contributed by atoms with Gasteiger partial charge in [0.15, 0.2) is 5.78 Å². The molecule has 9 rings (SSSR count). The van der Waals surface area contributed by atoms with Crippen LogP contribution in [0.25, 0.3) is 10.9 Å². The number of aromatic amines is 1. The molecule has 0 aliphatic carbocycles. The standard InChI is InChI=1S/C95H118ClN13O18S/c1-10-11-30-79-95(126)109-40-21-31-78(109)83(114)49-65(53-127-56-110)82(113)50-70(58(4)5)91(122)107(8)80(46-59-22-14-12-15-23-59)90(121)103-75(44-62-34-38-68(112)39-35-62)92(123)105(6)52-84(115)99-74(48-64-51-98-71-29-19-18-28-69(64)71)89(120)102-73(43-61-32-36-67(111)37-33-61)88(119)101-72(41-57(2)3)87(118)104-77(86(97)117)54-128-55-85(116)100-76(45-63-26-20-27-66(96)42-63)93(124)108(9)81(94(125)106(79)7)47-60-24-16-13-17-25-60/h12-20,22-29,32-39,42,51,56-58,65,70,72-81,98,111-112H,10-11,21,30-31,40-41,43-50,52-55H2,1-9H3,(H2,97,117)(H,99,115)(H,100,116)(H,101,119)(H,102,120)(H,103,121)(H,104,118)/t65-,70-,72-,73-,74-,75-,76-,77-,78+,79-,80-,81-/m0/s1. The van der Waals surface area contributed by atoms with E-state index in [0.717, 1.165) is 16.7 Å². The molecule has 0 saturated carbocycles. The van der Waals surface area contributed by atoms with Gasteiger partial charge in [0, 0.05) is 120 Å². The molecule has 12 amide bonds. The number of carbonyl (C=O) groups excluding carboxylic acids is 15.